The lowest BCUT2D eigenvalue weighted by Gasteiger charge is -2.38. The molecule has 8 nitrogen and oxygen atoms in total. The number of hydrogen-bond donors (Lipinski definition) is 1. The van der Waals surface area contributed by atoms with E-state index >= 15 is 0 Å². The van der Waals surface area contributed by atoms with Gasteiger partial charge in [-0.2, -0.15) is 16.5 Å². The van der Waals surface area contributed by atoms with E-state index in [9.17, 15) is 22.4 Å². The zero-order valence-electron chi connectivity index (χ0n) is 16.4. The molecule has 0 unspecified atom stereocenters. The summed E-state index contributed by atoms with van der Waals surface area (Å²) in [6.07, 6.45) is 2.16. The van der Waals surface area contributed by atoms with E-state index in [2.05, 4.69) is 4.72 Å². The number of sulfonamides is 1. The highest BCUT2D eigenvalue weighted by atomic mass is 32.2. The highest BCUT2D eigenvalue weighted by Gasteiger charge is 2.41. The van der Waals surface area contributed by atoms with Gasteiger partial charge in [0.15, 0.2) is 0 Å². The fraction of sp³-hybridized carbons (Fsp3) is 0.556. The van der Waals surface area contributed by atoms with Crippen LogP contribution in [0.15, 0.2) is 29.2 Å². The van der Waals surface area contributed by atoms with Gasteiger partial charge in [-0.05, 0) is 30.6 Å². The molecule has 0 aliphatic carbocycles. The lowest BCUT2D eigenvalue weighted by atomic mass is 10.1. The van der Waals surface area contributed by atoms with Gasteiger partial charge in [-0.3, -0.25) is 4.79 Å². The first-order valence-corrected chi connectivity index (χ1v) is 12.2. The number of thioether (sulfide) groups is 1. The minimum absolute atomic E-state index is 0.0544. The van der Waals surface area contributed by atoms with Gasteiger partial charge in [0.1, 0.15) is 16.8 Å². The first-order chi connectivity index (χ1) is 13.7. The highest BCUT2D eigenvalue weighted by Crippen LogP contribution is 2.21. The van der Waals surface area contributed by atoms with Crippen LogP contribution in [0.25, 0.3) is 0 Å². The van der Waals surface area contributed by atoms with Crippen LogP contribution in [-0.4, -0.2) is 92.4 Å². The van der Waals surface area contributed by atoms with Crippen LogP contribution in [0.2, 0.25) is 0 Å². The third-order valence-electron chi connectivity index (χ3n) is 5.18. The van der Waals surface area contributed by atoms with Crippen LogP contribution in [0.1, 0.15) is 6.42 Å². The van der Waals surface area contributed by atoms with Crippen LogP contribution in [0.4, 0.5) is 9.18 Å². The average Bonchev–Trinajstić information content (AvgIpc) is 2.98. The molecule has 1 aromatic rings. The predicted octanol–water partition coefficient (Wildman–Crippen LogP) is 0.804. The SMILES string of the molecule is CSCC[C@H](NS(=O)(=O)c1ccccc1F)C(=O)N1CCN2C(=O)N(C)C[C@H]2C1. The van der Waals surface area contributed by atoms with Crippen LogP contribution in [0.3, 0.4) is 0 Å². The zero-order chi connectivity index (χ0) is 21.2. The number of carbonyl (C=O) groups is 2. The first-order valence-electron chi connectivity index (χ1n) is 9.31. The molecule has 2 saturated heterocycles. The summed E-state index contributed by atoms with van der Waals surface area (Å²) in [7, 11) is -2.47. The van der Waals surface area contributed by atoms with E-state index in [1.165, 1.54) is 30.0 Å². The summed E-state index contributed by atoms with van der Waals surface area (Å²) in [5.41, 5.74) is 0. The van der Waals surface area contributed by atoms with Gasteiger partial charge in [-0.25, -0.2) is 17.6 Å². The van der Waals surface area contributed by atoms with Crippen molar-refractivity contribution in [3.05, 3.63) is 30.1 Å². The van der Waals surface area contributed by atoms with Crippen molar-refractivity contribution in [3.63, 3.8) is 0 Å². The molecule has 2 fully saturated rings. The second-order valence-electron chi connectivity index (χ2n) is 7.18. The van der Waals surface area contributed by atoms with Gasteiger partial charge < -0.3 is 14.7 Å². The molecular weight excluding hydrogens is 419 g/mol. The molecule has 160 valence electrons. The number of fused-ring (bicyclic) bond motifs is 1. The Labute approximate surface area is 174 Å². The lowest BCUT2D eigenvalue weighted by Crippen LogP contribution is -2.58. The van der Waals surface area contributed by atoms with Gasteiger partial charge in [-0.1, -0.05) is 12.1 Å². The number of rotatable bonds is 7. The van der Waals surface area contributed by atoms with Crippen molar-refractivity contribution < 1.29 is 22.4 Å². The van der Waals surface area contributed by atoms with Crippen molar-refractivity contribution in [3.8, 4) is 0 Å². The molecule has 0 aromatic heterocycles. The van der Waals surface area contributed by atoms with Gasteiger partial charge in [0, 0.05) is 33.2 Å². The summed E-state index contributed by atoms with van der Waals surface area (Å²) < 4.78 is 41.8. The van der Waals surface area contributed by atoms with Gasteiger partial charge in [0.25, 0.3) is 0 Å². The van der Waals surface area contributed by atoms with Gasteiger partial charge in [0.05, 0.1) is 6.04 Å². The zero-order valence-corrected chi connectivity index (χ0v) is 18.0. The Hall–Kier alpha value is -1.85. The number of hydrogen-bond acceptors (Lipinski definition) is 5. The summed E-state index contributed by atoms with van der Waals surface area (Å²) in [5, 5.41) is 0. The topological polar surface area (TPSA) is 90.0 Å². The van der Waals surface area contributed by atoms with E-state index in [0.29, 0.717) is 31.9 Å². The number of amides is 3. The minimum Gasteiger partial charge on any atom is -0.337 e. The Bertz CT molecular complexity index is 882. The molecule has 2 aliphatic rings. The van der Waals surface area contributed by atoms with Crippen LogP contribution in [0, 0.1) is 5.82 Å². The molecule has 1 aromatic carbocycles. The molecule has 0 radical (unpaired) electrons. The number of urea groups is 1. The van der Waals surface area contributed by atoms with Crippen LogP contribution >= 0.6 is 11.8 Å². The van der Waals surface area contributed by atoms with Crippen molar-refractivity contribution in [1.29, 1.82) is 0 Å². The Kier molecular flexibility index (Phi) is 6.69. The number of carbonyl (C=O) groups excluding carboxylic acids is 2. The number of halogens is 1. The number of piperazine rings is 1. The minimum atomic E-state index is -4.19. The summed E-state index contributed by atoms with van der Waals surface area (Å²) in [4.78, 5) is 29.7. The maximum absolute atomic E-state index is 14.0. The largest absolute Gasteiger partial charge is 0.337 e. The Balaban J connectivity index is 1.75. The summed E-state index contributed by atoms with van der Waals surface area (Å²) in [5.74, 6) is -0.640. The second kappa shape index (κ2) is 8.88. The maximum atomic E-state index is 14.0. The van der Waals surface area contributed by atoms with Crippen molar-refractivity contribution in [2.45, 2.75) is 23.4 Å². The molecule has 29 heavy (non-hydrogen) atoms. The van der Waals surface area contributed by atoms with Crippen LogP contribution in [0.5, 0.6) is 0 Å². The van der Waals surface area contributed by atoms with Crippen molar-refractivity contribution in [1.82, 2.24) is 19.4 Å². The van der Waals surface area contributed by atoms with Gasteiger partial charge in [-0.15, -0.1) is 0 Å². The second-order valence-corrected chi connectivity index (χ2v) is 9.85. The maximum Gasteiger partial charge on any atom is 0.320 e. The third-order valence-corrected chi connectivity index (χ3v) is 7.33. The summed E-state index contributed by atoms with van der Waals surface area (Å²) in [6, 6.07) is 3.93. The number of benzene rings is 1. The monoisotopic (exact) mass is 444 g/mol. The Morgan fingerprint density at radius 1 is 1.31 bits per heavy atom. The van der Waals surface area contributed by atoms with E-state index in [1.54, 1.807) is 21.7 Å². The van der Waals surface area contributed by atoms with E-state index in [0.717, 1.165) is 6.07 Å². The molecule has 0 saturated carbocycles. The van der Waals surface area contributed by atoms with Crippen molar-refractivity contribution >= 4 is 33.7 Å². The van der Waals surface area contributed by atoms with E-state index in [4.69, 9.17) is 0 Å². The summed E-state index contributed by atoms with van der Waals surface area (Å²) in [6.45, 7) is 1.63. The molecule has 1 N–H and O–H groups in total. The molecule has 3 rings (SSSR count). The van der Waals surface area contributed by atoms with Crippen molar-refractivity contribution in [2.75, 3.05) is 45.2 Å². The number of likely N-dealkylation sites (N-methyl/N-ethyl adjacent to an activating group) is 1. The Morgan fingerprint density at radius 2 is 2.03 bits per heavy atom. The van der Waals surface area contributed by atoms with Crippen LogP contribution in [-0.2, 0) is 14.8 Å². The molecule has 3 amide bonds. The van der Waals surface area contributed by atoms with E-state index in [1.807, 2.05) is 6.26 Å². The first kappa shape index (κ1) is 21.8. The molecule has 0 spiro atoms. The quantitative estimate of drug-likeness (QED) is 0.672. The smallest absolute Gasteiger partial charge is 0.320 e. The normalized spacial score (nSPS) is 20.7. The van der Waals surface area contributed by atoms with Crippen molar-refractivity contribution in [2.24, 2.45) is 0 Å². The number of nitrogens with one attached hydrogen (secondary N) is 1. The van der Waals surface area contributed by atoms with Crippen LogP contribution < -0.4 is 4.72 Å². The van der Waals surface area contributed by atoms with E-state index in [-0.39, 0.29) is 24.4 Å². The number of nitrogens with zero attached hydrogens (tertiary/aromatic N) is 3. The molecular formula is C18H25FN4O4S2. The molecule has 2 aliphatic heterocycles. The third kappa shape index (κ3) is 4.67. The fourth-order valence-corrected chi connectivity index (χ4v) is 5.45. The molecule has 2 heterocycles. The highest BCUT2D eigenvalue weighted by molar-refractivity contribution is 7.98. The molecule has 2 atom stereocenters. The molecule has 11 heteroatoms. The average molecular weight is 445 g/mol. The Morgan fingerprint density at radius 3 is 2.72 bits per heavy atom. The predicted molar refractivity (Wildman–Crippen MR) is 109 cm³/mol. The molecule has 0 bridgehead atoms. The fourth-order valence-electron chi connectivity index (χ4n) is 3.68. The van der Waals surface area contributed by atoms with Gasteiger partial charge >= 0.3 is 6.03 Å². The standard InChI is InChI=1S/C18H25FN4O4S2/c1-21-11-13-12-22(8-9-23(13)18(21)25)17(24)15(7-10-28-2)20-29(26,27)16-6-4-3-5-14(16)19/h3-6,13,15,20H,7-12H2,1-2H3/t13-,15-/m0/s1. The van der Waals surface area contributed by atoms with Gasteiger partial charge in [0.2, 0.25) is 15.9 Å². The van der Waals surface area contributed by atoms with E-state index < -0.39 is 26.8 Å². The lowest BCUT2D eigenvalue weighted by molar-refractivity contribution is -0.135. The summed E-state index contributed by atoms with van der Waals surface area (Å²) >= 11 is 1.50.